The molecule has 2 fully saturated rings. The first kappa shape index (κ1) is 18.8. The second kappa shape index (κ2) is 8.16. The number of hydrogen-bond donors (Lipinski definition) is 1. The molecule has 0 aromatic heterocycles. The van der Waals surface area contributed by atoms with E-state index in [1.54, 1.807) is 0 Å². The minimum atomic E-state index is -3.76. The Hall–Kier alpha value is -1.95. The molecule has 1 N–H and O–H groups in total. The van der Waals surface area contributed by atoms with Crippen molar-refractivity contribution in [1.82, 2.24) is 9.62 Å². The number of nitrogens with one attached hydrogen (secondary N) is 1. The van der Waals surface area contributed by atoms with Crippen molar-refractivity contribution in [2.75, 3.05) is 26.3 Å². The third-order valence-corrected chi connectivity index (χ3v) is 6.93. The quantitative estimate of drug-likeness (QED) is 0.836. The van der Waals surface area contributed by atoms with Gasteiger partial charge in [0.25, 0.3) is 0 Å². The molecule has 1 heterocycles. The molecule has 2 aliphatic rings. The van der Waals surface area contributed by atoms with Crippen molar-refractivity contribution in [3.63, 3.8) is 0 Å². The van der Waals surface area contributed by atoms with Gasteiger partial charge in [-0.05, 0) is 43.5 Å². The lowest BCUT2D eigenvalue weighted by atomic mass is 10.0. The fourth-order valence-corrected chi connectivity index (χ4v) is 5.42. The standard InChI is InChI=1S/C18H23N3O4S/c19-13-14-5-7-15(8-6-14)26(23,24)21-10-2-11-25-12-9-20-18(22)16-3-1-4-17(16)21/h5-8,16-17H,1-4,9-12H2,(H,20,22)/t16-,17+/m1/s1. The van der Waals surface area contributed by atoms with E-state index in [0.717, 1.165) is 6.42 Å². The number of fused-ring (bicyclic) bond motifs is 1. The summed E-state index contributed by atoms with van der Waals surface area (Å²) < 4.78 is 33.4. The second-order valence-corrected chi connectivity index (χ2v) is 8.50. The van der Waals surface area contributed by atoms with Crippen LogP contribution in [0.1, 0.15) is 31.2 Å². The first-order chi connectivity index (χ1) is 12.5. The van der Waals surface area contributed by atoms with Gasteiger partial charge in [0.15, 0.2) is 0 Å². The fraction of sp³-hybridized carbons (Fsp3) is 0.556. The number of carbonyl (C=O) groups is 1. The van der Waals surface area contributed by atoms with Crippen LogP contribution in [0.25, 0.3) is 0 Å². The number of nitriles is 1. The summed E-state index contributed by atoms with van der Waals surface area (Å²) in [6.07, 6.45) is 2.77. The third-order valence-electron chi connectivity index (χ3n) is 4.99. The predicted molar refractivity (Wildman–Crippen MR) is 94.6 cm³/mol. The molecule has 0 radical (unpaired) electrons. The van der Waals surface area contributed by atoms with Gasteiger partial charge in [0.05, 0.1) is 29.1 Å². The van der Waals surface area contributed by atoms with E-state index >= 15 is 0 Å². The average Bonchev–Trinajstić information content (AvgIpc) is 3.11. The van der Waals surface area contributed by atoms with Gasteiger partial charge in [-0.3, -0.25) is 4.79 Å². The number of benzene rings is 1. The molecular formula is C18H23N3O4S. The zero-order valence-corrected chi connectivity index (χ0v) is 15.4. The van der Waals surface area contributed by atoms with Crippen LogP contribution in [0.2, 0.25) is 0 Å². The molecule has 1 aromatic carbocycles. The Morgan fingerprint density at radius 3 is 2.65 bits per heavy atom. The van der Waals surface area contributed by atoms with Crippen LogP contribution < -0.4 is 5.32 Å². The molecule has 3 rings (SSSR count). The van der Waals surface area contributed by atoms with E-state index in [-0.39, 0.29) is 22.8 Å². The van der Waals surface area contributed by atoms with Gasteiger partial charge >= 0.3 is 0 Å². The molecule has 1 aliphatic carbocycles. The molecule has 0 bridgehead atoms. The molecule has 140 valence electrons. The van der Waals surface area contributed by atoms with Crippen LogP contribution in [0.5, 0.6) is 0 Å². The molecule has 0 spiro atoms. The molecule has 0 unspecified atom stereocenters. The number of sulfonamides is 1. The third kappa shape index (κ3) is 3.90. The summed E-state index contributed by atoms with van der Waals surface area (Å²) in [6, 6.07) is 7.57. The molecule has 1 saturated heterocycles. The van der Waals surface area contributed by atoms with E-state index in [1.807, 2.05) is 6.07 Å². The SMILES string of the molecule is N#Cc1ccc(S(=O)(=O)N2CCCOCCNC(=O)[C@@H]3CCC[C@@H]32)cc1. The highest BCUT2D eigenvalue weighted by Crippen LogP contribution is 2.34. The van der Waals surface area contributed by atoms with E-state index in [9.17, 15) is 13.2 Å². The largest absolute Gasteiger partial charge is 0.380 e. The summed E-state index contributed by atoms with van der Waals surface area (Å²) in [5.74, 6) is -0.431. The smallest absolute Gasteiger partial charge is 0.243 e. The topological polar surface area (TPSA) is 99.5 Å². The number of hydrogen-bond acceptors (Lipinski definition) is 5. The Labute approximate surface area is 154 Å². The van der Waals surface area contributed by atoms with E-state index in [4.69, 9.17) is 10.00 Å². The highest BCUT2D eigenvalue weighted by atomic mass is 32.2. The lowest BCUT2D eigenvalue weighted by Crippen LogP contribution is -2.47. The van der Waals surface area contributed by atoms with Gasteiger partial charge in [-0.15, -0.1) is 0 Å². The van der Waals surface area contributed by atoms with Crippen molar-refractivity contribution in [2.24, 2.45) is 5.92 Å². The monoisotopic (exact) mass is 377 g/mol. The maximum Gasteiger partial charge on any atom is 0.243 e. The molecule has 1 aromatic rings. The van der Waals surface area contributed by atoms with Crippen LogP contribution in [0.15, 0.2) is 29.2 Å². The van der Waals surface area contributed by atoms with E-state index < -0.39 is 10.0 Å². The maximum absolute atomic E-state index is 13.3. The molecule has 2 atom stereocenters. The lowest BCUT2D eigenvalue weighted by Gasteiger charge is -2.31. The summed E-state index contributed by atoms with van der Waals surface area (Å²) in [4.78, 5) is 12.6. The fourth-order valence-electron chi connectivity index (χ4n) is 3.69. The summed E-state index contributed by atoms with van der Waals surface area (Å²) >= 11 is 0. The minimum absolute atomic E-state index is 0.0990. The molecule has 1 aliphatic heterocycles. The Kier molecular flexibility index (Phi) is 5.91. The van der Waals surface area contributed by atoms with Gasteiger partial charge in [-0.25, -0.2) is 8.42 Å². The molecule has 1 amide bonds. The van der Waals surface area contributed by atoms with Crippen molar-refractivity contribution in [2.45, 2.75) is 36.6 Å². The lowest BCUT2D eigenvalue weighted by molar-refractivity contribution is -0.126. The zero-order valence-electron chi connectivity index (χ0n) is 14.6. The van der Waals surface area contributed by atoms with Crippen molar-refractivity contribution in [1.29, 1.82) is 5.26 Å². The van der Waals surface area contributed by atoms with E-state index in [0.29, 0.717) is 51.1 Å². The number of carbonyl (C=O) groups excluding carboxylic acids is 1. The van der Waals surface area contributed by atoms with Crippen molar-refractivity contribution in [3.8, 4) is 6.07 Å². The van der Waals surface area contributed by atoms with Crippen LogP contribution in [0, 0.1) is 17.2 Å². The van der Waals surface area contributed by atoms with Gasteiger partial charge in [0, 0.05) is 25.7 Å². The first-order valence-electron chi connectivity index (χ1n) is 8.91. The van der Waals surface area contributed by atoms with Gasteiger partial charge in [0.2, 0.25) is 15.9 Å². The molecule has 1 saturated carbocycles. The summed E-state index contributed by atoms with van der Waals surface area (Å²) in [5, 5.41) is 11.8. The van der Waals surface area contributed by atoms with Gasteiger partial charge in [0.1, 0.15) is 0 Å². The highest BCUT2D eigenvalue weighted by molar-refractivity contribution is 7.89. The number of nitrogens with zero attached hydrogens (tertiary/aromatic N) is 2. The highest BCUT2D eigenvalue weighted by Gasteiger charge is 2.42. The number of ether oxygens (including phenoxy) is 1. The van der Waals surface area contributed by atoms with Gasteiger partial charge in [-0.2, -0.15) is 9.57 Å². The normalized spacial score (nSPS) is 25.6. The Balaban J connectivity index is 1.94. The zero-order chi connectivity index (χ0) is 18.6. The second-order valence-electron chi connectivity index (χ2n) is 6.61. The van der Waals surface area contributed by atoms with Crippen LogP contribution in [-0.4, -0.2) is 51.0 Å². The summed E-state index contributed by atoms with van der Waals surface area (Å²) in [7, 11) is -3.76. The molecule has 7 nitrogen and oxygen atoms in total. The Bertz CT molecular complexity index is 786. The van der Waals surface area contributed by atoms with Crippen molar-refractivity contribution < 1.29 is 17.9 Å². The summed E-state index contributed by atoms with van der Waals surface area (Å²) in [6.45, 7) is 1.65. The molecular weight excluding hydrogens is 354 g/mol. The van der Waals surface area contributed by atoms with Crippen LogP contribution in [0.4, 0.5) is 0 Å². The first-order valence-corrected chi connectivity index (χ1v) is 10.4. The minimum Gasteiger partial charge on any atom is -0.380 e. The number of amides is 1. The summed E-state index contributed by atoms with van der Waals surface area (Å²) in [5.41, 5.74) is 0.410. The van der Waals surface area contributed by atoms with Gasteiger partial charge in [-0.1, -0.05) is 6.42 Å². The number of rotatable bonds is 2. The maximum atomic E-state index is 13.3. The van der Waals surface area contributed by atoms with E-state index in [2.05, 4.69) is 5.32 Å². The molecule has 26 heavy (non-hydrogen) atoms. The van der Waals surface area contributed by atoms with Crippen molar-refractivity contribution in [3.05, 3.63) is 29.8 Å². The Morgan fingerprint density at radius 2 is 1.92 bits per heavy atom. The Morgan fingerprint density at radius 1 is 1.15 bits per heavy atom. The van der Waals surface area contributed by atoms with Gasteiger partial charge < -0.3 is 10.1 Å². The van der Waals surface area contributed by atoms with Crippen LogP contribution >= 0.6 is 0 Å². The van der Waals surface area contributed by atoms with Crippen molar-refractivity contribution >= 4 is 15.9 Å². The van der Waals surface area contributed by atoms with Crippen LogP contribution in [-0.2, 0) is 19.6 Å². The van der Waals surface area contributed by atoms with Crippen LogP contribution in [0.3, 0.4) is 0 Å². The average molecular weight is 377 g/mol. The molecule has 8 heteroatoms. The van der Waals surface area contributed by atoms with E-state index in [1.165, 1.54) is 28.6 Å². The predicted octanol–water partition coefficient (Wildman–Crippen LogP) is 1.25.